The number of nitrogens with one attached hydrogen (secondary N) is 1. The molecule has 0 unspecified atom stereocenters. The van der Waals surface area contributed by atoms with Crippen LogP contribution in [0.5, 0.6) is 0 Å². The number of H-pyrrole nitrogens is 1. The van der Waals surface area contributed by atoms with E-state index in [1.165, 1.54) is 77.5 Å². The van der Waals surface area contributed by atoms with Crippen LogP contribution in [0.2, 0.25) is 0 Å². The number of aromatic nitrogens is 2. The fraction of sp³-hybridized carbons (Fsp3) is 0.370. The third-order valence-corrected chi connectivity index (χ3v) is 7.74. The second-order valence-corrected chi connectivity index (χ2v) is 8.89. The lowest BCUT2D eigenvalue weighted by molar-refractivity contribution is 1.20. The van der Waals surface area contributed by atoms with E-state index in [4.69, 9.17) is 4.98 Å². The Labute approximate surface area is 174 Å². The topological polar surface area (TPSA) is 28.7 Å². The van der Waals surface area contributed by atoms with Gasteiger partial charge in [0.2, 0.25) is 0 Å². The molecule has 2 heteroatoms. The number of pyridine rings is 1. The van der Waals surface area contributed by atoms with E-state index in [9.17, 15) is 0 Å². The number of aryl methyl sites for hydroxylation is 5. The lowest BCUT2D eigenvalue weighted by atomic mass is 9.88. The van der Waals surface area contributed by atoms with Crippen LogP contribution in [0, 0.1) is 69.2 Å². The van der Waals surface area contributed by atoms with Gasteiger partial charge in [0, 0.05) is 28.0 Å². The number of nitrogens with zero attached hydrogens (tertiary/aromatic N) is 1. The molecule has 0 fully saturated rings. The lowest BCUT2D eigenvalue weighted by Gasteiger charge is -2.19. The minimum Gasteiger partial charge on any atom is -0.360 e. The van der Waals surface area contributed by atoms with Gasteiger partial charge in [0.1, 0.15) is 0 Å². The zero-order chi connectivity index (χ0) is 21.4. The van der Waals surface area contributed by atoms with Crippen LogP contribution in [-0.2, 0) is 0 Å². The van der Waals surface area contributed by atoms with E-state index in [-0.39, 0.29) is 0 Å². The number of benzene rings is 2. The molecule has 150 valence electrons. The fourth-order valence-electron chi connectivity index (χ4n) is 4.95. The summed E-state index contributed by atoms with van der Waals surface area (Å²) in [5.41, 5.74) is 18.2. The highest BCUT2D eigenvalue weighted by Gasteiger charge is 2.21. The van der Waals surface area contributed by atoms with Crippen molar-refractivity contribution >= 4 is 21.8 Å². The highest BCUT2D eigenvalue weighted by atomic mass is 14.7. The first-order chi connectivity index (χ1) is 13.6. The average molecular weight is 385 g/mol. The van der Waals surface area contributed by atoms with E-state index in [0.717, 1.165) is 11.2 Å². The standard InChI is InChI=1S/C27H32N2/c1-12-15(4)20(9)27-23(16(12)5)18(7)21(10)25(29-27)22-11-28-26-19(8)14(3)13(2)17(6)24(22)26/h11,28H,1-10H3. The third-order valence-electron chi connectivity index (χ3n) is 7.74. The van der Waals surface area contributed by atoms with Gasteiger partial charge < -0.3 is 4.98 Å². The van der Waals surface area contributed by atoms with Crippen LogP contribution in [0.1, 0.15) is 55.6 Å². The third kappa shape index (κ3) is 2.51. The van der Waals surface area contributed by atoms with Crippen LogP contribution < -0.4 is 0 Å². The molecule has 0 aliphatic rings. The predicted molar refractivity (Wildman–Crippen MR) is 126 cm³/mol. The van der Waals surface area contributed by atoms with E-state index < -0.39 is 0 Å². The molecule has 1 N–H and O–H groups in total. The van der Waals surface area contributed by atoms with Gasteiger partial charge in [-0.15, -0.1) is 0 Å². The van der Waals surface area contributed by atoms with Gasteiger partial charge in [-0.3, -0.25) is 0 Å². The van der Waals surface area contributed by atoms with Gasteiger partial charge in [0.05, 0.1) is 11.2 Å². The number of aromatic amines is 1. The molecule has 2 aromatic heterocycles. The molecule has 2 nitrogen and oxygen atoms in total. The fourth-order valence-corrected chi connectivity index (χ4v) is 4.95. The number of hydrogen-bond donors (Lipinski definition) is 1. The first-order valence-electron chi connectivity index (χ1n) is 10.5. The molecule has 4 rings (SSSR count). The predicted octanol–water partition coefficient (Wildman–Crippen LogP) is 7.47. The van der Waals surface area contributed by atoms with E-state index in [2.05, 4.69) is 80.4 Å². The van der Waals surface area contributed by atoms with Crippen molar-refractivity contribution in [3.63, 3.8) is 0 Å². The Kier molecular flexibility index (Phi) is 4.38. The summed E-state index contributed by atoms with van der Waals surface area (Å²) in [4.78, 5) is 8.86. The minimum atomic E-state index is 1.11. The first-order valence-corrected chi connectivity index (χ1v) is 10.5. The molecule has 0 bridgehead atoms. The highest BCUT2D eigenvalue weighted by Crippen LogP contribution is 2.40. The van der Waals surface area contributed by atoms with Crippen LogP contribution in [0.4, 0.5) is 0 Å². The summed E-state index contributed by atoms with van der Waals surface area (Å²) in [5, 5.41) is 2.64. The van der Waals surface area contributed by atoms with Crippen molar-refractivity contribution in [1.82, 2.24) is 9.97 Å². The molecule has 2 aromatic carbocycles. The molecule has 0 amide bonds. The van der Waals surface area contributed by atoms with Crippen molar-refractivity contribution in [1.29, 1.82) is 0 Å². The summed E-state index contributed by atoms with van der Waals surface area (Å²) >= 11 is 0. The smallest absolute Gasteiger partial charge is 0.0763 e. The highest BCUT2D eigenvalue weighted by molar-refractivity contribution is 6.02. The van der Waals surface area contributed by atoms with Gasteiger partial charge in [-0.1, -0.05) is 0 Å². The summed E-state index contributed by atoms with van der Waals surface area (Å²) in [6.45, 7) is 22.3. The average Bonchev–Trinajstić information content (AvgIpc) is 3.14. The summed E-state index contributed by atoms with van der Waals surface area (Å²) in [6, 6.07) is 0. The van der Waals surface area contributed by atoms with E-state index in [1.807, 2.05) is 0 Å². The Hall–Kier alpha value is -2.61. The zero-order valence-electron chi connectivity index (χ0n) is 19.5. The molecule has 29 heavy (non-hydrogen) atoms. The Balaban J connectivity index is 2.18. The number of rotatable bonds is 1. The molecular formula is C27H32N2. The SMILES string of the molecule is Cc1c(C)c(C)c2c(C)c(C)c(-c3c[nH]c4c(C)c(C)c(C)c(C)c34)nc2c1C. The summed E-state index contributed by atoms with van der Waals surface area (Å²) < 4.78 is 0. The van der Waals surface area contributed by atoms with Crippen LogP contribution in [0.15, 0.2) is 6.20 Å². The van der Waals surface area contributed by atoms with E-state index in [0.29, 0.717) is 0 Å². The van der Waals surface area contributed by atoms with Crippen molar-refractivity contribution in [2.75, 3.05) is 0 Å². The van der Waals surface area contributed by atoms with Crippen molar-refractivity contribution in [3.05, 3.63) is 61.8 Å². The van der Waals surface area contributed by atoms with Gasteiger partial charge in [-0.25, -0.2) is 4.98 Å². The Morgan fingerprint density at radius 2 is 1.00 bits per heavy atom. The molecule has 0 radical (unpaired) electrons. The summed E-state index contributed by atoms with van der Waals surface area (Å²) in [5.74, 6) is 0. The molecule has 0 aliphatic heterocycles. The van der Waals surface area contributed by atoms with E-state index in [1.54, 1.807) is 0 Å². The van der Waals surface area contributed by atoms with Crippen molar-refractivity contribution < 1.29 is 0 Å². The molecule has 0 spiro atoms. The normalized spacial score (nSPS) is 11.8. The van der Waals surface area contributed by atoms with Gasteiger partial charge in [0.25, 0.3) is 0 Å². The Bertz CT molecular complexity index is 1330. The van der Waals surface area contributed by atoms with Gasteiger partial charge in [-0.05, 0) is 125 Å². The number of hydrogen-bond acceptors (Lipinski definition) is 1. The van der Waals surface area contributed by atoms with Crippen molar-refractivity contribution in [3.8, 4) is 11.3 Å². The van der Waals surface area contributed by atoms with Gasteiger partial charge in [0.15, 0.2) is 0 Å². The maximum absolute atomic E-state index is 5.29. The van der Waals surface area contributed by atoms with Crippen molar-refractivity contribution in [2.24, 2.45) is 0 Å². The minimum absolute atomic E-state index is 1.11. The van der Waals surface area contributed by atoms with Crippen LogP contribution in [0.3, 0.4) is 0 Å². The summed E-state index contributed by atoms with van der Waals surface area (Å²) in [7, 11) is 0. The Morgan fingerprint density at radius 1 is 0.517 bits per heavy atom. The van der Waals surface area contributed by atoms with Crippen LogP contribution >= 0.6 is 0 Å². The molecular weight excluding hydrogens is 352 g/mol. The first kappa shape index (κ1) is 19.7. The molecule has 0 aliphatic carbocycles. The zero-order valence-corrected chi connectivity index (χ0v) is 19.5. The molecule has 2 heterocycles. The lowest BCUT2D eigenvalue weighted by Crippen LogP contribution is -2.02. The van der Waals surface area contributed by atoms with Crippen LogP contribution in [0.25, 0.3) is 33.1 Å². The molecule has 4 aromatic rings. The largest absolute Gasteiger partial charge is 0.360 e. The van der Waals surface area contributed by atoms with Gasteiger partial charge >= 0.3 is 0 Å². The monoisotopic (exact) mass is 384 g/mol. The number of fused-ring (bicyclic) bond motifs is 2. The quantitative estimate of drug-likeness (QED) is 0.362. The maximum atomic E-state index is 5.29. The van der Waals surface area contributed by atoms with Gasteiger partial charge in [-0.2, -0.15) is 0 Å². The van der Waals surface area contributed by atoms with E-state index >= 15 is 0 Å². The molecule has 0 saturated heterocycles. The second-order valence-electron chi connectivity index (χ2n) is 8.89. The Morgan fingerprint density at radius 3 is 1.62 bits per heavy atom. The maximum Gasteiger partial charge on any atom is 0.0763 e. The molecule has 0 saturated carbocycles. The second kappa shape index (κ2) is 6.45. The van der Waals surface area contributed by atoms with Crippen molar-refractivity contribution in [2.45, 2.75) is 69.2 Å². The van der Waals surface area contributed by atoms with Crippen LogP contribution in [-0.4, -0.2) is 9.97 Å². The summed E-state index contributed by atoms with van der Waals surface area (Å²) in [6.07, 6.45) is 2.16. The molecule has 0 atom stereocenters.